The summed E-state index contributed by atoms with van der Waals surface area (Å²) in [6.07, 6.45) is -1.06. The van der Waals surface area contributed by atoms with Crippen LogP contribution in [0, 0.1) is 0 Å². The summed E-state index contributed by atoms with van der Waals surface area (Å²) in [6.45, 7) is 1.94. The fourth-order valence-corrected chi connectivity index (χ4v) is 5.57. The van der Waals surface area contributed by atoms with E-state index in [2.05, 4.69) is 5.10 Å². The number of carbonyl (C=O) groups excluding carboxylic acids is 2. The van der Waals surface area contributed by atoms with Gasteiger partial charge in [-0.05, 0) is 59.7 Å². The zero-order valence-electron chi connectivity index (χ0n) is 19.4. The van der Waals surface area contributed by atoms with Crippen molar-refractivity contribution in [3.63, 3.8) is 0 Å². The van der Waals surface area contributed by atoms with Gasteiger partial charge in [-0.3, -0.25) is 24.1 Å². The van der Waals surface area contributed by atoms with Crippen LogP contribution in [-0.4, -0.2) is 68.1 Å². The third-order valence-electron chi connectivity index (χ3n) is 6.42. The van der Waals surface area contributed by atoms with E-state index in [-0.39, 0.29) is 40.9 Å². The maximum Gasteiger partial charge on any atom is 0.416 e. The van der Waals surface area contributed by atoms with Gasteiger partial charge in [0.05, 0.1) is 34.8 Å². The molecule has 0 aliphatic carbocycles. The standard InChI is InChI=1S/C25H22ClF3N4O3S/c26-18-3-2-16(20(11-18)25(27,28)29)13-33-21-4-1-15(9-17(21)12-30-33)10-22-23(35)32(24(36)37-22)8-7-31-6-5-19(34)14-31/h1-4,9-12,19,34H,5-8,13-14H2/t19-/m0/s1. The Morgan fingerprint density at radius 3 is 2.70 bits per heavy atom. The van der Waals surface area contributed by atoms with E-state index in [1.807, 2.05) is 4.90 Å². The molecule has 2 aromatic carbocycles. The minimum absolute atomic E-state index is 0.00491. The van der Waals surface area contributed by atoms with Crippen LogP contribution in [0.3, 0.4) is 0 Å². The zero-order valence-corrected chi connectivity index (χ0v) is 21.0. The molecule has 0 spiro atoms. The first-order chi connectivity index (χ1) is 17.6. The summed E-state index contributed by atoms with van der Waals surface area (Å²) >= 11 is 6.65. The van der Waals surface area contributed by atoms with Crippen molar-refractivity contribution in [1.82, 2.24) is 19.6 Å². The number of carbonyl (C=O) groups is 2. The predicted octanol–water partition coefficient (Wildman–Crippen LogP) is 4.86. The number of imide groups is 1. The number of hydrogen-bond donors (Lipinski definition) is 1. The number of aliphatic hydroxyl groups excluding tert-OH is 1. The molecule has 0 unspecified atom stereocenters. The lowest BCUT2D eigenvalue weighted by Gasteiger charge is -2.18. The van der Waals surface area contributed by atoms with E-state index in [4.69, 9.17) is 11.6 Å². The SMILES string of the molecule is O=C1SC(=Cc2ccc3c(cnn3Cc3ccc(Cl)cc3C(F)(F)F)c2)C(=O)N1CCN1CC[C@H](O)C1. The Bertz CT molecular complexity index is 1410. The van der Waals surface area contributed by atoms with Crippen LogP contribution in [-0.2, 0) is 17.5 Å². The van der Waals surface area contributed by atoms with Gasteiger partial charge in [0, 0.05) is 36.6 Å². The summed E-state index contributed by atoms with van der Waals surface area (Å²) in [7, 11) is 0. The van der Waals surface area contributed by atoms with Gasteiger partial charge in [0.25, 0.3) is 11.1 Å². The number of likely N-dealkylation sites (tertiary alicyclic amines) is 1. The summed E-state index contributed by atoms with van der Waals surface area (Å²) in [5.74, 6) is -0.368. The molecule has 2 saturated heterocycles. The van der Waals surface area contributed by atoms with Crippen LogP contribution in [0.25, 0.3) is 17.0 Å². The second-order valence-electron chi connectivity index (χ2n) is 9.00. The van der Waals surface area contributed by atoms with Crippen molar-refractivity contribution in [2.75, 3.05) is 26.2 Å². The third kappa shape index (κ3) is 5.54. The number of rotatable bonds is 6. The van der Waals surface area contributed by atoms with E-state index >= 15 is 0 Å². The van der Waals surface area contributed by atoms with Gasteiger partial charge in [-0.2, -0.15) is 18.3 Å². The van der Waals surface area contributed by atoms with Crippen LogP contribution in [0.2, 0.25) is 5.02 Å². The van der Waals surface area contributed by atoms with Gasteiger partial charge in [0.2, 0.25) is 0 Å². The fraction of sp³-hybridized carbons (Fsp3) is 0.320. The number of aliphatic hydroxyl groups is 1. The predicted molar refractivity (Wildman–Crippen MR) is 135 cm³/mol. The quantitative estimate of drug-likeness (QED) is 0.442. The molecule has 3 aromatic rings. The molecule has 3 heterocycles. The van der Waals surface area contributed by atoms with Crippen LogP contribution in [0.4, 0.5) is 18.0 Å². The average Bonchev–Trinajstić information content (AvgIpc) is 3.51. The second kappa shape index (κ2) is 10.1. The first-order valence-electron chi connectivity index (χ1n) is 11.6. The summed E-state index contributed by atoms with van der Waals surface area (Å²) in [5, 5.41) is 14.3. The molecule has 0 saturated carbocycles. The van der Waals surface area contributed by atoms with Crippen molar-refractivity contribution in [2.45, 2.75) is 25.2 Å². The average molecular weight is 551 g/mol. The first-order valence-corrected chi connectivity index (χ1v) is 12.7. The smallest absolute Gasteiger partial charge is 0.392 e. The Morgan fingerprint density at radius 1 is 1.16 bits per heavy atom. The number of hydrogen-bond acceptors (Lipinski definition) is 6. The van der Waals surface area contributed by atoms with Gasteiger partial charge in [-0.25, -0.2) is 0 Å². The highest BCUT2D eigenvalue weighted by molar-refractivity contribution is 8.18. The first kappa shape index (κ1) is 25.8. The van der Waals surface area contributed by atoms with Crippen molar-refractivity contribution >= 4 is 51.5 Å². The van der Waals surface area contributed by atoms with Crippen LogP contribution >= 0.6 is 23.4 Å². The summed E-state index contributed by atoms with van der Waals surface area (Å²) in [6, 6.07) is 8.88. The third-order valence-corrected chi connectivity index (χ3v) is 7.56. The van der Waals surface area contributed by atoms with Crippen molar-refractivity contribution in [1.29, 1.82) is 0 Å². The Hall–Kier alpha value is -2.86. The largest absolute Gasteiger partial charge is 0.416 e. The molecule has 2 fully saturated rings. The van der Waals surface area contributed by atoms with Crippen LogP contribution in [0.1, 0.15) is 23.1 Å². The molecule has 7 nitrogen and oxygen atoms in total. The number of thioether (sulfide) groups is 1. The molecule has 2 aliphatic heterocycles. The Morgan fingerprint density at radius 2 is 1.97 bits per heavy atom. The molecule has 0 bridgehead atoms. The molecule has 1 N–H and O–H groups in total. The number of halogens is 4. The van der Waals surface area contributed by atoms with E-state index in [0.717, 1.165) is 24.4 Å². The number of amides is 2. The van der Waals surface area contributed by atoms with Gasteiger partial charge in [0.15, 0.2) is 0 Å². The summed E-state index contributed by atoms with van der Waals surface area (Å²) in [5.41, 5.74) is 0.531. The molecule has 2 aliphatic rings. The second-order valence-corrected chi connectivity index (χ2v) is 10.4. The molecule has 2 amide bonds. The molecule has 37 heavy (non-hydrogen) atoms. The molecular weight excluding hydrogens is 529 g/mol. The number of alkyl halides is 3. The highest BCUT2D eigenvalue weighted by atomic mass is 35.5. The zero-order chi connectivity index (χ0) is 26.3. The van der Waals surface area contributed by atoms with Crippen molar-refractivity contribution in [3.05, 3.63) is 69.2 Å². The summed E-state index contributed by atoms with van der Waals surface area (Å²) < 4.78 is 41.9. The topological polar surface area (TPSA) is 78.7 Å². The number of nitrogens with zero attached hydrogens (tertiary/aromatic N) is 4. The van der Waals surface area contributed by atoms with Crippen molar-refractivity contribution in [3.8, 4) is 0 Å². The maximum atomic E-state index is 13.5. The molecule has 1 atom stereocenters. The van der Waals surface area contributed by atoms with Crippen LogP contribution < -0.4 is 0 Å². The normalized spacial score (nSPS) is 20.2. The summed E-state index contributed by atoms with van der Waals surface area (Å²) in [4.78, 5) is 28.8. The minimum atomic E-state index is -4.55. The monoisotopic (exact) mass is 550 g/mol. The fourth-order valence-electron chi connectivity index (χ4n) is 4.53. The maximum absolute atomic E-state index is 13.5. The van der Waals surface area contributed by atoms with Gasteiger partial charge >= 0.3 is 6.18 Å². The lowest BCUT2D eigenvalue weighted by Crippen LogP contribution is -2.36. The number of aromatic nitrogens is 2. The van der Waals surface area contributed by atoms with E-state index < -0.39 is 11.7 Å². The van der Waals surface area contributed by atoms with Gasteiger partial charge in [-0.1, -0.05) is 23.7 Å². The van der Waals surface area contributed by atoms with Crippen LogP contribution in [0.5, 0.6) is 0 Å². The lowest BCUT2D eigenvalue weighted by atomic mass is 10.1. The Kier molecular flexibility index (Phi) is 7.06. The highest BCUT2D eigenvalue weighted by Gasteiger charge is 2.36. The van der Waals surface area contributed by atoms with E-state index in [9.17, 15) is 27.9 Å². The van der Waals surface area contributed by atoms with Gasteiger partial charge < -0.3 is 5.11 Å². The van der Waals surface area contributed by atoms with Crippen molar-refractivity contribution < 1.29 is 27.9 Å². The molecule has 194 valence electrons. The minimum Gasteiger partial charge on any atom is -0.392 e. The number of β-amino-alcohol motifs (C(OH)–C–C–N with tert-alkyl or cyclic N) is 1. The molecular formula is C25H22ClF3N4O3S. The van der Waals surface area contributed by atoms with Crippen LogP contribution in [0.15, 0.2) is 47.5 Å². The molecule has 1 aromatic heterocycles. The Labute approximate surface area is 219 Å². The number of benzene rings is 2. The van der Waals surface area contributed by atoms with E-state index in [1.165, 1.54) is 21.7 Å². The Balaban J connectivity index is 1.32. The van der Waals surface area contributed by atoms with Gasteiger partial charge in [0.1, 0.15) is 0 Å². The lowest BCUT2D eigenvalue weighted by molar-refractivity contribution is -0.138. The molecule has 0 radical (unpaired) electrons. The van der Waals surface area contributed by atoms with Gasteiger partial charge in [-0.15, -0.1) is 0 Å². The van der Waals surface area contributed by atoms with E-state index in [1.54, 1.807) is 30.5 Å². The molecule has 5 rings (SSSR count). The van der Waals surface area contributed by atoms with E-state index in [0.29, 0.717) is 40.9 Å². The molecule has 12 heteroatoms. The highest BCUT2D eigenvalue weighted by Crippen LogP contribution is 2.35. The number of fused-ring (bicyclic) bond motifs is 1. The van der Waals surface area contributed by atoms with Crippen molar-refractivity contribution in [2.24, 2.45) is 0 Å².